The van der Waals surface area contributed by atoms with Crippen LogP contribution in [0.15, 0.2) is 47.4 Å². The lowest BCUT2D eigenvalue weighted by atomic mass is 10.1. The molecule has 1 aliphatic heterocycles. The summed E-state index contributed by atoms with van der Waals surface area (Å²) in [6.07, 6.45) is 0. The minimum atomic E-state index is -3.58. The van der Waals surface area contributed by atoms with Gasteiger partial charge in [0.05, 0.1) is 18.0 Å². The highest BCUT2D eigenvalue weighted by Gasteiger charge is 2.32. The molecule has 7 nitrogen and oxygen atoms in total. The number of amides is 1. The number of anilines is 1. The molecule has 30 heavy (non-hydrogen) atoms. The average molecular weight is 452 g/mol. The molecule has 1 unspecified atom stereocenters. The Hall–Kier alpha value is -2.13. The standard InChI is InChI=1S/C21H26ClN3O4S/c1-15-4-5-17(22)14-20(15)23-21(26)16(2)24-10-12-25(13-11-24)30(27,28)19-8-6-18(29-3)7-9-19/h4-9,14,16H,10-13H2,1-3H3,(H,23,26). The van der Waals surface area contributed by atoms with Crippen LogP contribution in [0.4, 0.5) is 5.69 Å². The Labute approximate surface area is 182 Å². The van der Waals surface area contributed by atoms with Crippen molar-refractivity contribution in [2.24, 2.45) is 0 Å². The zero-order chi connectivity index (χ0) is 21.9. The van der Waals surface area contributed by atoms with Crippen LogP contribution in [0.2, 0.25) is 5.02 Å². The van der Waals surface area contributed by atoms with E-state index in [9.17, 15) is 13.2 Å². The van der Waals surface area contributed by atoms with E-state index in [1.807, 2.05) is 24.8 Å². The summed E-state index contributed by atoms with van der Waals surface area (Å²) in [5.41, 5.74) is 1.61. The van der Waals surface area contributed by atoms with Crippen LogP contribution >= 0.6 is 11.6 Å². The Bertz CT molecular complexity index is 1000. The van der Waals surface area contributed by atoms with Crippen molar-refractivity contribution in [1.29, 1.82) is 0 Å². The first kappa shape index (κ1) is 22.6. The number of benzene rings is 2. The maximum Gasteiger partial charge on any atom is 0.243 e. The molecule has 0 radical (unpaired) electrons. The lowest BCUT2D eigenvalue weighted by molar-refractivity contribution is -0.121. The number of piperazine rings is 1. The predicted molar refractivity (Wildman–Crippen MR) is 118 cm³/mol. The van der Waals surface area contributed by atoms with Gasteiger partial charge in [-0.1, -0.05) is 17.7 Å². The van der Waals surface area contributed by atoms with E-state index in [2.05, 4.69) is 5.32 Å². The summed E-state index contributed by atoms with van der Waals surface area (Å²) in [6.45, 7) is 5.31. The van der Waals surface area contributed by atoms with Crippen LogP contribution in [0.5, 0.6) is 5.75 Å². The lowest BCUT2D eigenvalue weighted by Gasteiger charge is -2.36. The molecule has 1 N–H and O–H groups in total. The summed E-state index contributed by atoms with van der Waals surface area (Å²) in [4.78, 5) is 14.9. The molecule has 2 aromatic rings. The molecule has 3 rings (SSSR count). The first-order chi connectivity index (χ1) is 14.2. The number of halogens is 1. The molecule has 9 heteroatoms. The van der Waals surface area contributed by atoms with Crippen LogP contribution < -0.4 is 10.1 Å². The minimum absolute atomic E-state index is 0.146. The van der Waals surface area contributed by atoms with Crippen molar-refractivity contribution in [3.63, 3.8) is 0 Å². The number of sulfonamides is 1. The van der Waals surface area contributed by atoms with Crippen LogP contribution in [0, 0.1) is 6.92 Å². The summed E-state index contributed by atoms with van der Waals surface area (Å²) in [7, 11) is -2.04. The van der Waals surface area contributed by atoms with E-state index in [-0.39, 0.29) is 10.8 Å². The Balaban J connectivity index is 1.61. The van der Waals surface area contributed by atoms with E-state index in [1.165, 1.54) is 11.4 Å². The number of carbonyl (C=O) groups is 1. The number of hydrogen-bond acceptors (Lipinski definition) is 5. The van der Waals surface area contributed by atoms with Gasteiger partial charge < -0.3 is 10.1 Å². The lowest BCUT2D eigenvalue weighted by Crippen LogP contribution is -2.53. The van der Waals surface area contributed by atoms with Crippen molar-refractivity contribution >= 4 is 33.2 Å². The molecule has 2 aromatic carbocycles. The van der Waals surface area contributed by atoms with E-state index in [0.29, 0.717) is 42.6 Å². The molecule has 1 heterocycles. The van der Waals surface area contributed by atoms with Gasteiger partial charge in [0.1, 0.15) is 5.75 Å². The van der Waals surface area contributed by atoms with Crippen LogP contribution in [-0.2, 0) is 14.8 Å². The third kappa shape index (κ3) is 4.95. The molecule has 1 atom stereocenters. The maximum absolute atomic E-state index is 12.9. The number of nitrogens with one attached hydrogen (secondary N) is 1. The zero-order valence-electron chi connectivity index (χ0n) is 17.3. The second-order valence-electron chi connectivity index (χ2n) is 7.24. The number of methoxy groups -OCH3 is 1. The Morgan fingerprint density at radius 3 is 2.33 bits per heavy atom. The van der Waals surface area contributed by atoms with Crippen molar-refractivity contribution in [3.8, 4) is 5.75 Å². The fourth-order valence-electron chi connectivity index (χ4n) is 3.36. The third-order valence-corrected chi connectivity index (χ3v) is 7.50. The fraction of sp³-hybridized carbons (Fsp3) is 0.381. The highest BCUT2D eigenvalue weighted by molar-refractivity contribution is 7.89. The Morgan fingerprint density at radius 1 is 1.10 bits per heavy atom. The van der Waals surface area contributed by atoms with Gasteiger partial charge in [0, 0.05) is 36.9 Å². The molecular formula is C21H26ClN3O4S. The Kier molecular flexibility index (Phi) is 7.02. The topological polar surface area (TPSA) is 79.0 Å². The van der Waals surface area contributed by atoms with Crippen LogP contribution in [0.1, 0.15) is 12.5 Å². The van der Waals surface area contributed by atoms with Crippen molar-refractivity contribution in [1.82, 2.24) is 9.21 Å². The van der Waals surface area contributed by atoms with Gasteiger partial charge in [-0.3, -0.25) is 9.69 Å². The Morgan fingerprint density at radius 2 is 1.73 bits per heavy atom. The first-order valence-electron chi connectivity index (χ1n) is 9.67. The quantitative estimate of drug-likeness (QED) is 0.730. The van der Waals surface area contributed by atoms with Crippen molar-refractivity contribution < 1.29 is 17.9 Å². The van der Waals surface area contributed by atoms with Gasteiger partial charge in [-0.05, 0) is 55.8 Å². The fourth-order valence-corrected chi connectivity index (χ4v) is 4.95. The van der Waals surface area contributed by atoms with E-state index in [0.717, 1.165) is 5.56 Å². The summed E-state index contributed by atoms with van der Waals surface area (Å²) in [5.74, 6) is 0.459. The molecule has 162 valence electrons. The molecule has 0 saturated carbocycles. The molecule has 1 saturated heterocycles. The van der Waals surface area contributed by atoms with Gasteiger partial charge in [-0.2, -0.15) is 4.31 Å². The molecule has 1 fully saturated rings. The average Bonchev–Trinajstić information content (AvgIpc) is 2.75. The predicted octanol–water partition coefficient (Wildman–Crippen LogP) is 2.99. The molecule has 1 aliphatic rings. The van der Waals surface area contributed by atoms with Gasteiger partial charge in [-0.15, -0.1) is 0 Å². The van der Waals surface area contributed by atoms with E-state index < -0.39 is 16.1 Å². The maximum atomic E-state index is 12.9. The molecule has 1 amide bonds. The number of rotatable bonds is 6. The van der Waals surface area contributed by atoms with Crippen LogP contribution in [0.25, 0.3) is 0 Å². The van der Waals surface area contributed by atoms with Gasteiger partial charge in [0.2, 0.25) is 15.9 Å². The first-order valence-corrected chi connectivity index (χ1v) is 11.5. The van der Waals surface area contributed by atoms with Gasteiger partial charge >= 0.3 is 0 Å². The van der Waals surface area contributed by atoms with E-state index >= 15 is 0 Å². The number of hydrogen-bond donors (Lipinski definition) is 1. The normalized spacial score (nSPS) is 16.8. The molecule has 0 aromatic heterocycles. The second-order valence-corrected chi connectivity index (χ2v) is 9.61. The van der Waals surface area contributed by atoms with Crippen LogP contribution in [0.3, 0.4) is 0 Å². The van der Waals surface area contributed by atoms with E-state index in [1.54, 1.807) is 36.4 Å². The molecule has 0 bridgehead atoms. The monoisotopic (exact) mass is 451 g/mol. The number of carbonyl (C=O) groups excluding carboxylic acids is 1. The zero-order valence-corrected chi connectivity index (χ0v) is 18.8. The third-order valence-electron chi connectivity index (χ3n) is 5.36. The smallest absolute Gasteiger partial charge is 0.243 e. The highest BCUT2D eigenvalue weighted by atomic mass is 35.5. The van der Waals surface area contributed by atoms with Crippen molar-refractivity contribution in [3.05, 3.63) is 53.1 Å². The molecule has 0 aliphatic carbocycles. The summed E-state index contributed by atoms with van der Waals surface area (Å²) in [6, 6.07) is 11.3. The van der Waals surface area contributed by atoms with Crippen LogP contribution in [-0.4, -0.2) is 62.9 Å². The van der Waals surface area contributed by atoms with E-state index in [4.69, 9.17) is 16.3 Å². The SMILES string of the molecule is COc1ccc(S(=O)(=O)N2CCN(C(C)C(=O)Nc3cc(Cl)ccc3C)CC2)cc1. The molecular weight excluding hydrogens is 426 g/mol. The van der Waals surface area contributed by atoms with Crippen molar-refractivity contribution in [2.45, 2.75) is 24.8 Å². The second kappa shape index (κ2) is 9.34. The van der Waals surface area contributed by atoms with Crippen molar-refractivity contribution in [2.75, 3.05) is 38.6 Å². The largest absolute Gasteiger partial charge is 0.497 e. The summed E-state index contributed by atoms with van der Waals surface area (Å²) in [5, 5.41) is 3.47. The van der Waals surface area contributed by atoms with Gasteiger partial charge in [0.15, 0.2) is 0 Å². The number of ether oxygens (including phenoxy) is 1. The summed E-state index contributed by atoms with van der Waals surface area (Å²) < 4.78 is 32.3. The minimum Gasteiger partial charge on any atom is -0.497 e. The van der Waals surface area contributed by atoms with Gasteiger partial charge in [0.25, 0.3) is 0 Å². The number of aryl methyl sites for hydroxylation is 1. The number of nitrogens with zero attached hydrogens (tertiary/aromatic N) is 2. The molecule has 0 spiro atoms. The van der Waals surface area contributed by atoms with Gasteiger partial charge in [-0.25, -0.2) is 8.42 Å². The highest BCUT2D eigenvalue weighted by Crippen LogP contribution is 2.23. The summed E-state index contributed by atoms with van der Waals surface area (Å²) >= 11 is 6.02.